The second kappa shape index (κ2) is 5.60. The van der Waals surface area contributed by atoms with E-state index in [0.717, 1.165) is 13.8 Å². The van der Waals surface area contributed by atoms with E-state index >= 15 is 0 Å². The zero-order chi connectivity index (χ0) is 15.9. The van der Waals surface area contributed by atoms with Crippen LogP contribution >= 0.6 is 33.9 Å². The van der Waals surface area contributed by atoms with Crippen LogP contribution in [0.25, 0.3) is 5.82 Å². The zero-order valence-corrected chi connectivity index (χ0v) is 14.1. The lowest BCUT2D eigenvalue weighted by molar-refractivity contribution is 0.303. The molecule has 0 aromatic carbocycles. The van der Waals surface area contributed by atoms with Gasteiger partial charge in [0, 0.05) is 41.0 Å². The molecule has 0 spiro atoms. The number of hydrogen-bond donors (Lipinski definition) is 0. The summed E-state index contributed by atoms with van der Waals surface area (Å²) in [5.74, 6) is 0.602. The first kappa shape index (κ1) is 13.0. The van der Waals surface area contributed by atoms with Gasteiger partial charge in [0.1, 0.15) is 12.4 Å². The summed E-state index contributed by atoms with van der Waals surface area (Å²) >= 11 is 3.43. The van der Waals surface area contributed by atoms with Gasteiger partial charge in [0.25, 0.3) is 5.19 Å². The monoisotopic (exact) mass is 420 g/mol. The molecule has 0 atom stereocenters. The fourth-order valence-corrected chi connectivity index (χ4v) is 3.12. The van der Waals surface area contributed by atoms with Crippen molar-refractivity contribution in [1.82, 2.24) is 29.3 Å². The van der Waals surface area contributed by atoms with Crippen molar-refractivity contribution in [3.8, 4) is 11.0 Å². The molecule has 110 valence electrons. The summed E-state index contributed by atoms with van der Waals surface area (Å²) in [5, 5.41) is 9.62. The largest absolute Gasteiger partial charge is 0.465 e. The topological polar surface area (TPSA) is 79.8 Å². The minimum atomic E-state index is -0.332. The van der Waals surface area contributed by atoms with Gasteiger partial charge in [-0.15, -0.1) is 4.68 Å². The van der Waals surface area contributed by atoms with Crippen molar-refractivity contribution in [2.75, 3.05) is 0 Å². The second-order valence-electron chi connectivity index (χ2n) is 4.22. The van der Waals surface area contributed by atoms with Gasteiger partial charge in [-0.25, -0.2) is 9.78 Å². The Morgan fingerprint density at radius 1 is 1.48 bits per heavy atom. The van der Waals surface area contributed by atoms with Crippen molar-refractivity contribution in [2.45, 2.75) is 6.61 Å². The van der Waals surface area contributed by atoms with Gasteiger partial charge in [-0.05, 0) is 33.0 Å². The van der Waals surface area contributed by atoms with E-state index in [1.807, 2.05) is 13.2 Å². The molecule has 0 saturated heterocycles. The predicted molar refractivity (Wildman–Crippen MR) is 84.7 cm³/mol. The highest BCUT2D eigenvalue weighted by Crippen LogP contribution is 2.24. The smallest absolute Gasteiger partial charge is 0.369 e. The number of rotatable bonds is 4. The van der Waals surface area contributed by atoms with E-state index < -0.39 is 0 Å². The van der Waals surface area contributed by atoms with Crippen molar-refractivity contribution in [3.63, 3.8) is 0 Å². The Bertz CT molecular complexity index is 882. The molecular formula is C11H11IN6O2S. The molecule has 0 N–H and O–H groups in total. The van der Waals surface area contributed by atoms with Gasteiger partial charge < -0.3 is 9.30 Å². The van der Waals surface area contributed by atoms with Gasteiger partial charge in [0.2, 0.25) is 0 Å². The minimum absolute atomic E-state index is 0.174. The summed E-state index contributed by atoms with van der Waals surface area (Å²) in [6.07, 6.45) is 2.06. The quantitative estimate of drug-likeness (QED) is 0.588. The van der Waals surface area contributed by atoms with Crippen LogP contribution < -0.4 is 10.4 Å². The molecular weight excluding hydrogens is 407 g/mol. The van der Waals surface area contributed by atoms with E-state index in [-0.39, 0.29) is 18.5 Å². The lowest BCUT2D eigenvalue weighted by atomic mass is 10.3. The SMILES string of the molecule is [3H]c1csc(OCc2c(I)cn(C)c2-n2nnn(C)c2=O)n1. The lowest BCUT2D eigenvalue weighted by Gasteiger charge is -2.06. The molecule has 21 heavy (non-hydrogen) atoms. The van der Waals surface area contributed by atoms with Crippen LogP contribution in [-0.2, 0) is 20.7 Å². The highest BCUT2D eigenvalue weighted by Gasteiger charge is 2.19. The average Bonchev–Trinajstić information content (AvgIpc) is 3.09. The summed E-state index contributed by atoms with van der Waals surface area (Å²) in [7, 11) is 3.37. The van der Waals surface area contributed by atoms with Crippen LogP contribution in [0.2, 0.25) is 0 Å². The first-order valence-electron chi connectivity index (χ1n) is 6.35. The van der Waals surface area contributed by atoms with Crippen molar-refractivity contribution in [2.24, 2.45) is 14.1 Å². The summed E-state index contributed by atoms with van der Waals surface area (Å²) in [5.41, 5.74) is 0.481. The van der Waals surface area contributed by atoms with Crippen LogP contribution in [0.3, 0.4) is 0 Å². The van der Waals surface area contributed by atoms with Crippen molar-refractivity contribution >= 4 is 33.9 Å². The Labute approximate surface area is 138 Å². The Morgan fingerprint density at radius 2 is 2.29 bits per heavy atom. The lowest BCUT2D eigenvalue weighted by Crippen LogP contribution is -2.24. The van der Waals surface area contributed by atoms with Gasteiger partial charge >= 0.3 is 5.69 Å². The van der Waals surface area contributed by atoms with Crippen molar-refractivity contribution in [1.29, 1.82) is 0 Å². The first-order chi connectivity index (χ1) is 10.5. The number of thiazole rings is 1. The van der Waals surface area contributed by atoms with Gasteiger partial charge in [-0.2, -0.15) is 4.68 Å². The van der Waals surface area contributed by atoms with Crippen LogP contribution in [-0.4, -0.2) is 29.3 Å². The molecule has 0 aliphatic rings. The number of aromatic nitrogens is 6. The summed E-state index contributed by atoms with van der Waals surface area (Å²) in [6.45, 7) is 0.227. The third-order valence-corrected chi connectivity index (χ3v) is 4.39. The summed E-state index contributed by atoms with van der Waals surface area (Å²) in [6, 6.07) is 0. The molecule has 3 heterocycles. The van der Waals surface area contributed by atoms with Crippen LogP contribution in [0.4, 0.5) is 0 Å². The number of halogens is 1. The maximum absolute atomic E-state index is 12.1. The molecule has 0 aliphatic carbocycles. The predicted octanol–water partition coefficient (Wildman–Crippen LogP) is 0.945. The van der Waals surface area contributed by atoms with Crippen LogP contribution in [0.5, 0.6) is 5.19 Å². The maximum Gasteiger partial charge on any atom is 0.369 e. The van der Waals surface area contributed by atoms with E-state index in [0.29, 0.717) is 11.0 Å². The number of aryl methyl sites for hydroxylation is 2. The Balaban J connectivity index is 1.97. The molecule has 0 fully saturated rings. The zero-order valence-electron chi connectivity index (χ0n) is 12.1. The first-order valence-corrected chi connectivity index (χ1v) is 7.81. The molecule has 0 saturated carbocycles. The second-order valence-corrected chi connectivity index (χ2v) is 6.20. The van der Waals surface area contributed by atoms with Crippen LogP contribution in [0, 0.1) is 3.57 Å². The highest BCUT2D eigenvalue weighted by molar-refractivity contribution is 14.1. The third kappa shape index (κ3) is 2.60. The minimum Gasteiger partial charge on any atom is -0.465 e. The molecule has 8 nitrogen and oxygen atoms in total. The van der Waals surface area contributed by atoms with Gasteiger partial charge in [0.05, 0.1) is 1.37 Å². The van der Waals surface area contributed by atoms with Crippen molar-refractivity contribution < 1.29 is 6.11 Å². The van der Waals surface area contributed by atoms with E-state index in [2.05, 4.69) is 38.0 Å². The Morgan fingerprint density at radius 3 is 2.90 bits per heavy atom. The third-order valence-electron chi connectivity index (χ3n) is 2.83. The normalized spacial score (nSPS) is 11.7. The van der Waals surface area contributed by atoms with E-state index in [1.165, 1.54) is 16.0 Å². The van der Waals surface area contributed by atoms with Gasteiger partial charge in [0.15, 0.2) is 0 Å². The number of nitrogens with zero attached hydrogens (tertiary/aromatic N) is 6. The molecule has 0 aliphatic heterocycles. The maximum atomic E-state index is 12.1. The van der Waals surface area contributed by atoms with E-state index in [4.69, 9.17) is 6.11 Å². The number of ether oxygens (including phenoxy) is 1. The number of tetrazole rings is 1. The molecule has 3 aromatic rings. The molecule has 3 rings (SSSR count). The van der Waals surface area contributed by atoms with Crippen molar-refractivity contribution in [3.05, 3.63) is 37.4 Å². The fraction of sp³-hybridized carbons (Fsp3) is 0.273. The summed E-state index contributed by atoms with van der Waals surface area (Å²) < 4.78 is 18.2. The standard InChI is InChI=1S/C11H11IN6O2S/c1-16-5-8(12)7(6-20-10-13-3-4-21-10)9(16)18-11(19)17(2)14-15-18/h3-5H,6H2,1-2H3/i3T. The fourth-order valence-electron chi connectivity index (χ4n) is 1.87. The molecule has 3 aromatic heterocycles. The molecule has 0 radical (unpaired) electrons. The molecule has 0 amide bonds. The average molecular weight is 420 g/mol. The van der Waals surface area contributed by atoms with Gasteiger partial charge in [-0.3, -0.25) is 0 Å². The highest BCUT2D eigenvalue weighted by atomic mass is 127. The molecule has 0 unspecified atom stereocenters. The van der Waals surface area contributed by atoms with Crippen LogP contribution in [0.1, 0.15) is 6.93 Å². The van der Waals surface area contributed by atoms with E-state index in [9.17, 15) is 4.79 Å². The number of hydrogen-bond acceptors (Lipinski definition) is 6. The Hall–Kier alpha value is -1.69. The summed E-state index contributed by atoms with van der Waals surface area (Å²) in [4.78, 5) is 16.0. The molecule has 10 heteroatoms. The van der Waals surface area contributed by atoms with Crippen LogP contribution in [0.15, 0.2) is 22.5 Å². The van der Waals surface area contributed by atoms with E-state index in [1.54, 1.807) is 17.0 Å². The Kier molecular flexibility index (Phi) is 3.47. The molecule has 0 bridgehead atoms. The van der Waals surface area contributed by atoms with Gasteiger partial charge in [-0.1, -0.05) is 11.3 Å².